The molecule has 0 aliphatic carbocycles. The van der Waals surface area contributed by atoms with Gasteiger partial charge in [-0.25, -0.2) is 14.6 Å². The Labute approximate surface area is 251 Å². The number of rotatable bonds is 8. The maximum atomic E-state index is 13.9. The van der Waals surface area contributed by atoms with E-state index in [1.54, 1.807) is 56.3 Å². The monoisotopic (exact) mass is 652 g/mol. The van der Waals surface area contributed by atoms with Gasteiger partial charge in [-0.1, -0.05) is 39.4 Å². The summed E-state index contributed by atoms with van der Waals surface area (Å²) in [5, 5.41) is 9.15. The second-order valence-electron chi connectivity index (χ2n) is 9.12. The van der Waals surface area contributed by atoms with Crippen molar-refractivity contribution in [3.8, 4) is 22.8 Å². The molecule has 0 spiro atoms. The van der Waals surface area contributed by atoms with Crippen LogP contribution < -0.4 is 24.4 Å². The smallest absolute Gasteiger partial charge is 0.338 e. The van der Waals surface area contributed by atoms with Crippen molar-refractivity contribution in [3.05, 3.63) is 101 Å². The number of hydrogen-bond acceptors (Lipinski definition) is 9. The van der Waals surface area contributed by atoms with Crippen molar-refractivity contribution in [2.24, 2.45) is 4.99 Å². The second kappa shape index (κ2) is 11.8. The van der Waals surface area contributed by atoms with Gasteiger partial charge in [0.25, 0.3) is 5.56 Å². The topological polar surface area (TPSA) is 130 Å². The molecule has 1 aliphatic heterocycles. The summed E-state index contributed by atoms with van der Waals surface area (Å²) in [6, 6.07) is 12.3. The summed E-state index contributed by atoms with van der Waals surface area (Å²) >= 11 is 4.75. The van der Waals surface area contributed by atoms with Crippen LogP contribution in [0.4, 0.5) is 0 Å². The number of carbonyl (C=O) groups excluding carboxylic acids is 1. The minimum absolute atomic E-state index is 0.152. The van der Waals surface area contributed by atoms with Gasteiger partial charge in [0.2, 0.25) is 0 Å². The van der Waals surface area contributed by atoms with E-state index in [-0.39, 0.29) is 23.3 Å². The molecule has 4 aromatic rings. The van der Waals surface area contributed by atoms with Crippen molar-refractivity contribution >= 4 is 45.3 Å². The van der Waals surface area contributed by atoms with Crippen LogP contribution in [0.15, 0.2) is 78.5 Å². The van der Waals surface area contributed by atoms with Crippen molar-refractivity contribution in [1.29, 1.82) is 0 Å². The molecule has 0 saturated carbocycles. The molecule has 1 N–H and O–H groups in total. The number of aromatic carboxylic acids is 1. The van der Waals surface area contributed by atoms with Gasteiger partial charge in [-0.05, 0) is 55.8 Å². The standard InChI is InChI=1S/C30H25BrN2O8S/c1-5-40-29(37)25-15(2)32-30-33(26(25)19-13-22(38-3)23(39-4)14-20(19)31)27(34)24(42-30)12-18-10-11-21(41-18)16-6-8-17(9-7-16)28(35)36/h6-14,26H,5H2,1-4H3,(H,35,36)/b24-12+. The van der Waals surface area contributed by atoms with E-state index < -0.39 is 18.0 Å². The SMILES string of the molecule is CCOC(=O)C1=C(C)N=c2s/c(=C/c3ccc(-c4ccc(C(=O)O)cc4)o3)c(=O)n2C1c1cc(OC)c(OC)cc1Br. The first kappa shape index (κ1) is 29.1. The van der Waals surface area contributed by atoms with Gasteiger partial charge in [-0.3, -0.25) is 9.36 Å². The summed E-state index contributed by atoms with van der Waals surface area (Å²) in [5.41, 5.74) is 1.73. The predicted molar refractivity (Wildman–Crippen MR) is 159 cm³/mol. The number of esters is 1. The first-order valence-electron chi connectivity index (χ1n) is 12.7. The van der Waals surface area contributed by atoms with Crippen LogP contribution in [-0.2, 0) is 9.53 Å². The van der Waals surface area contributed by atoms with Crippen LogP contribution in [-0.4, -0.2) is 42.4 Å². The van der Waals surface area contributed by atoms with E-state index >= 15 is 0 Å². The average Bonchev–Trinajstić information content (AvgIpc) is 3.56. The van der Waals surface area contributed by atoms with Crippen LogP contribution in [0.2, 0.25) is 0 Å². The van der Waals surface area contributed by atoms with Gasteiger partial charge < -0.3 is 23.7 Å². The molecule has 42 heavy (non-hydrogen) atoms. The molecule has 0 amide bonds. The number of benzene rings is 2. The van der Waals surface area contributed by atoms with Gasteiger partial charge in [0.1, 0.15) is 11.5 Å². The highest BCUT2D eigenvalue weighted by Gasteiger charge is 2.35. The van der Waals surface area contributed by atoms with Crippen molar-refractivity contribution in [1.82, 2.24) is 4.57 Å². The molecule has 2 aromatic carbocycles. The van der Waals surface area contributed by atoms with Gasteiger partial charge in [0.15, 0.2) is 16.3 Å². The lowest BCUT2D eigenvalue weighted by molar-refractivity contribution is -0.139. The summed E-state index contributed by atoms with van der Waals surface area (Å²) in [6.07, 6.45) is 1.61. The number of fused-ring (bicyclic) bond motifs is 1. The highest BCUT2D eigenvalue weighted by atomic mass is 79.9. The number of carbonyl (C=O) groups is 2. The Kier molecular flexibility index (Phi) is 8.19. The number of allylic oxidation sites excluding steroid dienone is 1. The number of furan rings is 1. The lowest BCUT2D eigenvalue weighted by Gasteiger charge is -2.26. The van der Waals surface area contributed by atoms with E-state index in [4.69, 9.17) is 23.7 Å². The highest BCUT2D eigenvalue weighted by Crippen LogP contribution is 2.40. The molecule has 0 fully saturated rings. The molecule has 1 aliphatic rings. The quantitative estimate of drug-likeness (QED) is 0.275. The molecule has 0 bridgehead atoms. The van der Waals surface area contributed by atoms with Gasteiger partial charge >= 0.3 is 11.9 Å². The number of methoxy groups -OCH3 is 2. The minimum Gasteiger partial charge on any atom is -0.493 e. The van der Waals surface area contributed by atoms with Crippen LogP contribution in [0, 0.1) is 0 Å². The summed E-state index contributed by atoms with van der Waals surface area (Å²) in [7, 11) is 3.03. The second-order valence-corrected chi connectivity index (χ2v) is 11.0. The summed E-state index contributed by atoms with van der Waals surface area (Å²) in [6.45, 7) is 3.57. The molecule has 1 atom stereocenters. The largest absolute Gasteiger partial charge is 0.493 e. The number of aromatic nitrogens is 1. The molecule has 1 unspecified atom stereocenters. The molecule has 5 rings (SSSR count). The summed E-state index contributed by atoms with van der Waals surface area (Å²) in [5.74, 6) is 0.239. The number of hydrogen-bond donors (Lipinski definition) is 1. The zero-order chi connectivity index (χ0) is 30.1. The van der Waals surface area contributed by atoms with E-state index in [2.05, 4.69) is 20.9 Å². The Morgan fingerprint density at radius 3 is 2.45 bits per heavy atom. The third-order valence-corrected chi connectivity index (χ3v) is 8.30. The summed E-state index contributed by atoms with van der Waals surface area (Å²) in [4.78, 5) is 43.3. The van der Waals surface area contributed by atoms with Crippen LogP contribution in [0.25, 0.3) is 17.4 Å². The molecule has 0 radical (unpaired) electrons. The van der Waals surface area contributed by atoms with E-state index in [9.17, 15) is 14.4 Å². The Morgan fingerprint density at radius 1 is 1.12 bits per heavy atom. The zero-order valence-corrected chi connectivity index (χ0v) is 25.4. The normalized spacial score (nSPS) is 14.8. The third-order valence-electron chi connectivity index (χ3n) is 6.63. The Balaban J connectivity index is 1.65. The molecular weight excluding hydrogens is 628 g/mol. The number of thiazole rings is 1. The van der Waals surface area contributed by atoms with Gasteiger partial charge in [-0.15, -0.1) is 0 Å². The van der Waals surface area contributed by atoms with Crippen LogP contribution in [0.5, 0.6) is 11.5 Å². The lowest BCUT2D eigenvalue weighted by Crippen LogP contribution is -2.40. The number of halogens is 1. The fourth-order valence-electron chi connectivity index (χ4n) is 4.66. The first-order chi connectivity index (χ1) is 20.2. The summed E-state index contributed by atoms with van der Waals surface area (Å²) < 4.78 is 24.7. The van der Waals surface area contributed by atoms with Crippen LogP contribution in [0.3, 0.4) is 0 Å². The fraction of sp³-hybridized carbons (Fsp3) is 0.200. The molecular formula is C30H25BrN2O8S. The van der Waals surface area contributed by atoms with Crippen LogP contribution in [0.1, 0.15) is 41.6 Å². The van der Waals surface area contributed by atoms with Gasteiger partial charge in [0.05, 0.1) is 48.2 Å². The van der Waals surface area contributed by atoms with Crippen molar-refractivity contribution in [2.45, 2.75) is 19.9 Å². The average molecular weight is 654 g/mol. The van der Waals surface area contributed by atoms with Gasteiger partial charge in [-0.2, -0.15) is 0 Å². The Hall–Kier alpha value is -4.42. The number of carboxylic acids is 1. The van der Waals surface area contributed by atoms with Crippen molar-refractivity contribution in [3.63, 3.8) is 0 Å². The number of nitrogens with zero attached hydrogens (tertiary/aromatic N) is 2. The van der Waals surface area contributed by atoms with E-state index in [1.807, 2.05) is 0 Å². The highest BCUT2D eigenvalue weighted by molar-refractivity contribution is 9.10. The molecule has 10 nitrogen and oxygen atoms in total. The number of ether oxygens (including phenoxy) is 3. The maximum absolute atomic E-state index is 13.9. The molecule has 0 saturated heterocycles. The van der Waals surface area contributed by atoms with E-state index in [0.29, 0.717) is 53.6 Å². The Bertz CT molecular complexity index is 1920. The van der Waals surface area contributed by atoms with Gasteiger partial charge in [0, 0.05) is 16.1 Å². The lowest BCUT2D eigenvalue weighted by atomic mass is 9.95. The first-order valence-corrected chi connectivity index (χ1v) is 14.3. The molecule has 12 heteroatoms. The molecule has 2 aromatic heterocycles. The zero-order valence-electron chi connectivity index (χ0n) is 23.0. The predicted octanol–water partition coefficient (Wildman–Crippen LogP) is 4.54. The molecule has 216 valence electrons. The van der Waals surface area contributed by atoms with E-state index in [1.165, 1.54) is 42.3 Å². The maximum Gasteiger partial charge on any atom is 0.338 e. The Morgan fingerprint density at radius 2 is 1.81 bits per heavy atom. The van der Waals surface area contributed by atoms with E-state index in [0.717, 1.165) is 0 Å². The molecule has 3 heterocycles. The minimum atomic E-state index is -1.02. The van der Waals surface area contributed by atoms with Crippen LogP contribution >= 0.6 is 27.3 Å². The van der Waals surface area contributed by atoms with Crippen molar-refractivity contribution < 1.29 is 33.3 Å². The fourth-order valence-corrected chi connectivity index (χ4v) is 6.22. The number of carboxylic acid groups (broad SMARTS) is 1. The third kappa shape index (κ3) is 5.30. The van der Waals surface area contributed by atoms with Crippen molar-refractivity contribution in [2.75, 3.05) is 20.8 Å².